The fraction of sp³-hybridized carbons (Fsp3) is 0.467. The molecule has 1 aliphatic rings. The minimum atomic E-state index is 0.356. The maximum absolute atomic E-state index is 4.64. The van der Waals surface area contributed by atoms with Crippen LogP contribution in [-0.2, 0) is 13.0 Å². The highest BCUT2D eigenvalue weighted by Crippen LogP contribution is 2.09. The van der Waals surface area contributed by atoms with Crippen LogP contribution in [0.3, 0.4) is 0 Å². The summed E-state index contributed by atoms with van der Waals surface area (Å²) in [5, 5.41) is 9.05. The van der Waals surface area contributed by atoms with Gasteiger partial charge in [-0.1, -0.05) is 6.07 Å². The maximum Gasteiger partial charge on any atom is 0.112 e. The van der Waals surface area contributed by atoms with Gasteiger partial charge in [-0.05, 0) is 24.3 Å². The summed E-state index contributed by atoms with van der Waals surface area (Å²) in [4.78, 5) is 10.1. The van der Waals surface area contributed by atoms with Gasteiger partial charge in [0.15, 0.2) is 0 Å². The quantitative estimate of drug-likeness (QED) is 0.821. The predicted molar refractivity (Wildman–Crippen MR) is 86.7 cm³/mol. The zero-order valence-corrected chi connectivity index (χ0v) is 12.9. The molecule has 0 saturated carbocycles. The average Bonchev–Trinajstić information content (AvgIpc) is 3.21. The summed E-state index contributed by atoms with van der Waals surface area (Å²) < 4.78 is 2.12. The zero-order chi connectivity index (χ0) is 14.3. The Labute approximate surface area is 129 Å². The number of amidine groups is 1. The van der Waals surface area contributed by atoms with Crippen molar-refractivity contribution in [2.75, 3.05) is 13.1 Å². The molecular weight excluding hydrogens is 282 g/mol. The summed E-state index contributed by atoms with van der Waals surface area (Å²) in [5.41, 5.74) is 0. The van der Waals surface area contributed by atoms with Crippen LogP contribution in [0.2, 0.25) is 0 Å². The van der Waals surface area contributed by atoms with Gasteiger partial charge in [0.25, 0.3) is 0 Å². The average molecular weight is 303 g/mol. The van der Waals surface area contributed by atoms with Gasteiger partial charge in [-0.25, -0.2) is 4.98 Å². The van der Waals surface area contributed by atoms with Gasteiger partial charge in [-0.3, -0.25) is 10.3 Å². The number of aryl methyl sites for hydroxylation is 1. The highest BCUT2D eigenvalue weighted by atomic mass is 32.1. The van der Waals surface area contributed by atoms with Crippen LogP contribution in [0.5, 0.6) is 0 Å². The van der Waals surface area contributed by atoms with E-state index in [1.807, 2.05) is 18.7 Å². The first-order valence-electron chi connectivity index (χ1n) is 7.41. The second-order valence-electron chi connectivity index (χ2n) is 5.18. The van der Waals surface area contributed by atoms with E-state index in [2.05, 4.69) is 42.7 Å². The van der Waals surface area contributed by atoms with Gasteiger partial charge >= 0.3 is 0 Å². The molecule has 0 bridgehead atoms. The molecule has 2 N–H and O–H groups in total. The molecule has 3 rings (SSSR count). The van der Waals surface area contributed by atoms with Crippen LogP contribution in [0.25, 0.3) is 0 Å². The summed E-state index contributed by atoms with van der Waals surface area (Å²) >= 11 is 1.80. The highest BCUT2D eigenvalue weighted by molar-refractivity contribution is 7.09. The minimum absolute atomic E-state index is 0.356. The normalized spacial score (nSPS) is 20.0. The lowest BCUT2D eigenvalue weighted by Crippen LogP contribution is -2.32. The second-order valence-corrected chi connectivity index (χ2v) is 6.21. The number of aromatic nitrogens is 2. The molecule has 0 aromatic carbocycles. The Bertz CT molecular complexity index is 547. The fourth-order valence-electron chi connectivity index (χ4n) is 2.45. The van der Waals surface area contributed by atoms with Gasteiger partial charge in [-0.15, -0.1) is 11.3 Å². The van der Waals surface area contributed by atoms with Crippen LogP contribution >= 0.6 is 11.3 Å². The Morgan fingerprint density at radius 2 is 2.48 bits per heavy atom. The molecule has 2 aromatic heterocycles. The Balaban J connectivity index is 1.34. The first kappa shape index (κ1) is 14.3. The number of rotatable bonds is 7. The van der Waals surface area contributed by atoms with Crippen LogP contribution in [0.15, 0.2) is 41.2 Å². The maximum atomic E-state index is 4.64. The van der Waals surface area contributed by atoms with Crippen molar-refractivity contribution in [3.63, 3.8) is 0 Å². The lowest BCUT2D eigenvalue weighted by molar-refractivity contribution is 0.479. The van der Waals surface area contributed by atoms with Gasteiger partial charge in [0.1, 0.15) is 5.84 Å². The smallest absolute Gasteiger partial charge is 0.112 e. The van der Waals surface area contributed by atoms with E-state index in [-0.39, 0.29) is 0 Å². The van der Waals surface area contributed by atoms with Gasteiger partial charge in [0.2, 0.25) is 0 Å². The molecule has 5 nitrogen and oxygen atoms in total. The summed E-state index contributed by atoms with van der Waals surface area (Å²) in [6.45, 7) is 2.75. The first-order chi connectivity index (χ1) is 10.4. The molecule has 0 radical (unpaired) electrons. The number of nitrogens with one attached hydrogen (secondary N) is 2. The molecule has 0 spiro atoms. The largest absolute Gasteiger partial charge is 0.357 e. The summed E-state index contributed by atoms with van der Waals surface area (Å²) in [6, 6.07) is 4.27. The molecule has 1 saturated heterocycles. The summed E-state index contributed by atoms with van der Waals surface area (Å²) in [5.74, 6) is 1.10. The Morgan fingerprint density at radius 1 is 1.48 bits per heavy atom. The van der Waals surface area contributed by atoms with Gasteiger partial charge in [-0.2, -0.15) is 0 Å². The van der Waals surface area contributed by atoms with Crippen molar-refractivity contribution < 1.29 is 0 Å². The predicted octanol–water partition coefficient (Wildman–Crippen LogP) is 1.88. The van der Waals surface area contributed by atoms with Crippen LogP contribution in [0.4, 0.5) is 0 Å². The van der Waals surface area contributed by atoms with E-state index in [1.165, 1.54) is 4.88 Å². The Kier molecular flexibility index (Phi) is 5.02. The molecule has 0 amide bonds. The molecule has 21 heavy (non-hydrogen) atoms. The van der Waals surface area contributed by atoms with E-state index < -0.39 is 0 Å². The summed E-state index contributed by atoms with van der Waals surface area (Å²) in [7, 11) is 0. The second kappa shape index (κ2) is 7.38. The lowest BCUT2D eigenvalue weighted by Gasteiger charge is -2.10. The number of thiophene rings is 1. The molecule has 1 aliphatic heterocycles. The van der Waals surface area contributed by atoms with E-state index in [1.54, 1.807) is 11.3 Å². The molecule has 1 fully saturated rings. The number of aliphatic imine (C=N–C) groups is 1. The van der Waals surface area contributed by atoms with Crippen LogP contribution in [0.1, 0.15) is 17.7 Å². The monoisotopic (exact) mass is 303 g/mol. The molecule has 3 heterocycles. The zero-order valence-electron chi connectivity index (χ0n) is 12.0. The van der Waals surface area contributed by atoms with E-state index in [0.29, 0.717) is 6.17 Å². The van der Waals surface area contributed by atoms with Crippen LogP contribution < -0.4 is 10.6 Å². The minimum Gasteiger partial charge on any atom is -0.357 e. The van der Waals surface area contributed by atoms with Crippen molar-refractivity contribution in [3.05, 3.63) is 41.1 Å². The van der Waals surface area contributed by atoms with Crippen molar-refractivity contribution in [2.45, 2.75) is 32.0 Å². The molecule has 112 valence electrons. The van der Waals surface area contributed by atoms with Crippen molar-refractivity contribution >= 4 is 17.2 Å². The van der Waals surface area contributed by atoms with Crippen molar-refractivity contribution in [2.24, 2.45) is 4.99 Å². The Hall–Kier alpha value is -1.66. The SMILES string of the molecule is c1csc(CCN=C2CNC(CCCn3ccnc3)N2)c1. The molecule has 1 unspecified atom stereocenters. The fourth-order valence-corrected chi connectivity index (χ4v) is 3.15. The van der Waals surface area contributed by atoms with Crippen molar-refractivity contribution in [3.8, 4) is 0 Å². The number of nitrogens with zero attached hydrogens (tertiary/aromatic N) is 3. The number of imidazole rings is 1. The third-order valence-electron chi connectivity index (χ3n) is 3.57. The third kappa shape index (κ3) is 4.41. The standard InChI is InChI=1S/C15H21N5S/c1(8-20-9-7-16-12-20)4-14-18-11-15(19-14)17-6-5-13-3-2-10-21-13/h2-3,7,9-10,12,14,18H,1,4-6,8,11H2,(H,17,19). The topological polar surface area (TPSA) is 54.2 Å². The number of hydrogen-bond acceptors (Lipinski definition) is 4. The first-order valence-corrected chi connectivity index (χ1v) is 8.29. The van der Waals surface area contributed by atoms with Gasteiger partial charge in [0.05, 0.1) is 19.0 Å². The van der Waals surface area contributed by atoms with Gasteiger partial charge < -0.3 is 9.88 Å². The van der Waals surface area contributed by atoms with Crippen molar-refractivity contribution in [1.82, 2.24) is 20.2 Å². The Morgan fingerprint density at radius 3 is 3.29 bits per heavy atom. The highest BCUT2D eigenvalue weighted by Gasteiger charge is 2.17. The lowest BCUT2D eigenvalue weighted by atomic mass is 10.2. The molecule has 6 heteroatoms. The summed E-state index contributed by atoms with van der Waals surface area (Å²) in [6.07, 6.45) is 9.32. The van der Waals surface area contributed by atoms with E-state index in [0.717, 1.165) is 44.7 Å². The third-order valence-corrected chi connectivity index (χ3v) is 4.50. The van der Waals surface area contributed by atoms with Crippen LogP contribution in [-0.4, -0.2) is 34.6 Å². The van der Waals surface area contributed by atoms with E-state index in [9.17, 15) is 0 Å². The van der Waals surface area contributed by atoms with Gasteiger partial charge in [0, 0.05) is 36.8 Å². The number of hydrogen-bond donors (Lipinski definition) is 2. The van der Waals surface area contributed by atoms with Crippen molar-refractivity contribution in [1.29, 1.82) is 0 Å². The molecule has 1 atom stereocenters. The molecule has 2 aromatic rings. The van der Waals surface area contributed by atoms with E-state index in [4.69, 9.17) is 0 Å². The van der Waals surface area contributed by atoms with E-state index >= 15 is 0 Å². The molecule has 0 aliphatic carbocycles. The van der Waals surface area contributed by atoms with Crippen LogP contribution in [0, 0.1) is 0 Å². The molecular formula is C15H21N5S.